The van der Waals surface area contributed by atoms with E-state index in [0.29, 0.717) is 13.0 Å². The minimum Gasteiger partial charge on any atom is -0.480 e. The van der Waals surface area contributed by atoms with Crippen LogP contribution in [0.4, 0.5) is 4.79 Å². The molecule has 0 aromatic rings. The lowest BCUT2D eigenvalue weighted by Gasteiger charge is -2.20. The van der Waals surface area contributed by atoms with Crippen LogP contribution in [-0.4, -0.2) is 41.1 Å². The zero-order chi connectivity index (χ0) is 10.6. The van der Waals surface area contributed by atoms with Gasteiger partial charge in [0, 0.05) is 6.54 Å². The van der Waals surface area contributed by atoms with Crippen molar-refractivity contribution in [2.45, 2.75) is 18.9 Å². The number of nitrogens with zero attached hydrogens (tertiary/aromatic N) is 1. The quantitative estimate of drug-likeness (QED) is 0.605. The summed E-state index contributed by atoms with van der Waals surface area (Å²) in [6, 6.07) is -1.10. The maximum atomic E-state index is 11.4. The van der Waals surface area contributed by atoms with Crippen LogP contribution in [0, 0.1) is 12.3 Å². The second-order valence-corrected chi connectivity index (χ2v) is 3.05. The van der Waals surface area contributed by atoms with Crippen LogP contribution >= 0.6 is 0 Å². The summed E-state index contributed by atoms with van der Waals surface area (Å²) in [5, 5.41) is 11.2. The van der Waals surface area contributed by atoms with E-state index in [-0.39, 0.29) is 6.54 Å². The third kappa shape index (κ3) is 2.16. The van der Waals surface area contributed by atoms with E-state index in [0.717, 1.165) is 6.42 Å². The smallest absolute Gasteiger partial charge is 0.326 e. The van der Waals surface area contributed by atoms with Crippen molar-refractivity contribution in [2.75, 3.05) is 13.1 Å². The number of aliphatic carboxylic acids is 1. The molecule has 1 aliphatic rings. The Kier molecular flexibility index (Phi) is 3.35. The van der Waals surface area contributed by atoms with Crippen molar-refractivity contribution in [2.24, 2.45) is 0 Å². The standard InChI is InChI=1S/C9H12N2O3/c1-2-5-10-9(14)11-6-3-4-7(11)8(12)13/h1,7H,3-6H2,(H,10,14)(H,12,13). The summed E-state index contributed by atoms with van der Waals surface area (Å²) in [5.74, 6) is 1.30. The Bertz CT molecular complexity index is 282. The Balaban J connectivity index is 2.54. The highest BCUT2D eigenvalue weighted by molar-refractivity contribution is 5.83. The number of carboxylic acids is 1. The van der Waals surface area contributed by atoms with Gasteiger partial charge in [-0.3, -0.25) is 0 Å². The number of carbonyl (C=O) groups is 2. The fourth-order valence-corrected chi connectivity index (χ4v) is 1.49. The number of urea groups is 1. The predicted molar refractivity (Wildman–Crippen MR) is 49.6 cm³/mol. The molecule has 0 radical (unpaired) electrons. The number of terminal acetylenes is 1. The summed E-state index contributed by atoms with van der Waals surface area (Å²) in [5.41, 5.74) is 0. The molecule has 1 saturated heterocycles. The molecule has 14 heavy (non-hydrogen) atoms. The van der Waals surface area contributed by atoms with Gasteiger partial charge in [-0.2, -0.15) is 0 Å². The van der Waals surface area contributed by atoms with E-state index in [2.05, 4.69) is 11.2 Å². The number of hydrogen-bond donors (Lipinski definition) is 2. The normalized spacial score (nSPS) is 20.2. The number of carboxylic acid groups (broad SMARTS) is 1. The maximum Gasteiger partial charge on any atom is 0.326 e. The van der Waals surface area contributed by atoms with Crippen LogP contribution in [0.2, 0.25) is 0 Å². The molecule has 1 unspecified atom stereocenters. The summed E-state index contributed by atoms with van der Waals surface area (Å²) < 4.78 is 0. The topological polar surface area (TPSA) is 69.6 Å². The molecule has 2 amide bonds. The van der Waals surface area contributed by atoms with E-state index in [4.69, 9.17) is 11.5 Å². The third-order valence-electron chi connectivity index (χ3n) is 2.14. The van der Waals surface area contributed by atoms with Crippen molar-refractivity contribution in [3.8, 4) is 12.3 Å². The average Bonchev–Trinajstić information content (AvgIpc) is 2.62. The summed E-state index contributed by atoms with van der Waals surface area (Å²) in [6.45, 7) is 0.606. The lowest BCUT2D eigenvalue weighted by atomic mass is 10.2. The molecular weight excluding hydrogens is 184 g/mol. The van der Waals surface area contributed by atoms with E-state index < -0.39 is 18.0 Å². The Morgan fingerprint density at radius 2 is 2.36 bits per heavy atom. The van der Waals surface area contributed by atoms with Crippen LogP contribution in [0.3, 0.4) is 0 Å². The van der Waals surface area contributed by atoms with Gasteiger partial charge in [-0.15, -0.1) is 6.42 Å². The van der Waals surface area contributed by atoms with E-state index in [1.807, 2.05) is 0 Å². The minimum absolute atomic E-state index is 0.127. The van der Waals surface area contributed by atoms with Gasteiger partial charge < -0.3 is 15.3 Å². The molecule has 0 spiro atoms. The second kappa shape index (κ2) is 4.51. The van der Waals surface area contributed by atoms with Crippen LogP contribution in [0.25, 0.3) is 0 Å². The SMILES string of the molecule is C#CCNC(=O)N1CCCC1C(=O)O. The first kappa shape index (κ1) is 10.4. The van der Waals surface area contributed by atoms with Gasteiger partial charge >= 0.3 is 12.0 Å². The Hall–Kier alpha value is -1.70. The highest BCUT2D eigenvalue weighted by atomic mass is 16.4. The fraction of sp³-hybridized carbons (Fsp3) is 0.556. The summed E-state index contributed by atoms with van der Waals surface area (Å²) in [6.07, 6.45) is 6.21. The Morgan fingerprint density at radius 1 is 1.64 bits per heavy atom. The van der Waals surface area contributed by atoms with Crippen molar-refractivity contribution in [3.05, 3.63) is 0 Å². The Labute approximate surface area is 82.1 Å². The maximum absolute atomic E-state index is 11.4. The molecule has 0 aliphatic carbocycles. The molecule has 1 heterocycles. The van der Waals surface area contributed by atoms with Crippen molar-refractivity contribution in [1.29, 1.82) is 0 Å². The largest absolute Gasteiger partial charge is 0.480 e. The highest BCUT2D eigenvalue weighted by Gasteiger charge is 2.33. The zero-order valence-corrected chi connectivity index (χ0v) is 7.69. The van der Waals surface area contributed by atoms with E-state index >= 15 is 0 Å². The molecule has 2 N–H and O–H groups in total. The minimum atomic E-state index is -0.960. The molecule has 76 valence electrons. The molecule has 1 fully saturated rings. The van der Waals surface area contributed by atoms with Crippen LogP contribution in [0.1, 0.15) is 12.8 Å². The van der Waals surface area contributed by atoms with Crippen LogP contribution in [0.15, 0.2) is 0 Å². The molecule has 5 nitrogen and oxygen atoms in total. The monoisotopic (exact) mass is 196 g/mol. The van der Waals surface area contributed by atoms with Crippen LogP contribution < -0.4 is 5.32 Å². The number of rotatable bonds is 2. The first-order valence-electron chi connectivity index (χ1n) is 4.37. The summed E-state index contributed by atoms with van der Waals surface area (Å²) in [7, 11) is 0. The van der Waals surface area contributed by atoms with E-state index in [1.165, 1.54) is 4.90 Å². The van der Waals surface area contributed by atoms with Crippen molar-refractivity contribution < 1.29 is 14.7 Å². The number of likely N-dealkylation sites (tertiary alicyclic amines) is 1. The van der Waals surface area contributed by atoms with Gasteiger partial charge in [-0.1, -0.05) is 5.92 Å². The van der Waals surface area contributed by atoms with Crippen LogP contribution in [0.5, 0.6) is 0 Å². The molecule has 1 aliphatic heterocycles. The van der Waals surface area contributed by atoms with Gasteiger partial charge in [0.05, 0.1) is 6.54 Å². The van der Waals surface area contributed by atoms with E-state index in [9.17, 15) is 9.59 Å². The lowest BCUT2D eigenvalue weighted by molar-refractivity contribution is -0.141. The van der Waals surface area contributed by atoms with Gasteiger partial charge in [0.1, 0.15) is 6.04 Å². The molecule has 0 aromatic heterocycles. The third-order valence-corrected chi connectivity index (χ3v) is 2.14. The van der Waals surface area contributed by atoms with Crippen molar-refractivity contribution in [1.82, 2.24) is 10.2 Å². The van der Waals surface area contributed by atoms with Gasteiger partial charge in [-0.05, 0) is 12.8 Å². The molecule has 0 bridgehead atoms. The number of nitrogens with one attached hydrogen (secondary N) is 1. The van der Waals surface area contributed by atoms with Crippen molar-refractivity contribution in [3.63, 3.8) is 0 Å². The highest BCUT2D eigenvalue weighted by Crippen LogP contribution is 2.16. The van der Waals surface area contributed by atoms with Crippen molar-refractivity contribution >= 4 is 12.0 Å². The molecule has 1 atom stereocenters. The number of hydrogen-bond acceptors (Lipinski definition) is 2. The lowest BCUT2D eigenvalue weighted by Crippen LogP contribution is -2.46. The zero-order valence-electron chi connectivity index (χ0n) is 7.69. The number of amides is 2. The van der Waals surface area contributed by atoms with Gasteiger partial charge in [0.15, 0.2) is 0 Å². The summed E-state index contributed by atoms with van der Waals surface area (Å²) in [4.78, 5) is 23.4. The van der Waals surface area contributed by atoms with Gasteiger partial charge in [0.25, 0.3) is 0 Å². The Morgan fingerprint density at radius 3 is 2.93 bits per heavy atom. The molecule has 1 rings (SSSR count). The molecule has 0 saturated carbocycles. The number of carbonyl (C=O) groups excluding carboxylic acids is 1. The second-order valence-electron chi connectivity index (χ2n) is 3.05. The first-order valence-corrected chi connectivity index (χ1v) is 4.37. The van der Waals surface area contributed by atoms with Gasteiger partial charge in [-0.25, -0.2) is 9.59 Å². The van der Waals surface area contributed by atoms with Gasteiger partial charge in [0.2, 0.25) is 0 Å². The predicted octanol–water partition coefficient (Wildman–Crippen LogP) is -0.122. The molecule has 5 heteroatoms. The van der Waals surface area contributed by atoms with E-state index in [1.54, 1.807) is 0 Å². The first-order chi connectivity index (χ1) is 6.66. The molecular formula is C9H12N2O3. The summed E-state index contributed by atoms with van der Waals surface area (Å²) >= 11 is 0. The fourth-order valence-electron chi connectivity index (χ4n) is 1.49. The molecule has 0 aromatic carbocycles. The average molecular weight is 196 g/mol. The van der Waals surface area contributed by atoms with Crippen LogP contribution in [-0.2, 0) is 4.79 Å².